The molecule has 1 aliphatic rings. The van der Waals surface area contributed by atoms with Crippen LogP contribution in [-0.4, -0.2) is 58.2 Å². The highest BCUT2D eigenvalue weighted by Gasteiger charge is 2.35. The van der Waals surface area contributed by atoms with Crippen LogP contribution < -0.4 is 5.32 Å². The highest BCUT2D eigenvalue weighted by molar-refractivity contribution is 5.94. The summed E-state index contributed by atoms with van der Waals surface area (Å²) < 4.78 is 1.86. The number of carbonyl (C=O) groups excluding carboxylic acids is 2. The molecular weight excluding hydrogens is 282 g/mol. The van der Waals surface area contributed by atoms with Crippen molar-refractivity contribution in [2.24, 2.45) is 0 Å². The highest BCUT2D eigenvalue weighted by Crippen LogP contribution is 2.23. The van der Waals surface area contributed by atoms with Crippen molar-refractivity contribution < 1.29 is 9.59 Å². The number of likely N-dealkylation sites (N-methyl/N-ethyl adjacent to an activating group) is 1. The van der Waals surface area contributed by atoms with Gasteiger partial charge in [-0.25, -0.2) is 4.79 Å². The molecule has 2 rings (SSSR count). The van der Waals surface area contributed by atoms with Gasteiger partial charge in [-0.15, -0.1) is 0 Å². The van der Waals surface area contributed by atoms with Gasteiger partial charge in [0.25, 0.3) is 0 Å². The van der Waals surface area contributed by atoms with Gasteiger partial charge in [0, 0.05) is 27.2 Å². The summed E-state index contributed by atoms with van der Waals surface area (Å²) in [4.78, 5) is 27.9. The number of hydrogen-bond donors (Lipinski definition) is 1. The SMILES string of the molecule is CCn1nc(C)c(NC(=O)N2CCC[C@@H]2C(=O)N(C)C)c1C. The van der Waals surface area contributed by atoms with Gasteiger partial charge < -0.3 is 15.1 Å². The average Bonchev–Trinajstić information content (AvgIpc) is 3.06. The summed E-state index contributed by atoms with van der Waals surface area (Å²) in [5.41, 5.74) is 2.47. The minimum absolute atomic E-state index is 0.0228. The van der Waals surface area contributed by atoms with Gasteiger partial charge in [0.15, 0.2) is 0 Å². The molecule has 1 aliphatic heterocycles. The van der Waals surface area contributed by atoms with E-state index in [0.29, 0.717) is 6.54 Å². The fraction of sp³-hybridized carbons (Fsp3) is 0.667. The number of nitrogens with zero attached hydrogens (tertiary/aromatic N) is 4. The van der Waals surface area contributed by atoms with Gasteiger partial charge in [-0.2, -0.15) is 5.10 Å². The lowest BCUT2D eigenvalue weighted by molar-refractivity contribution is -0.132. The largest absolute Gasteiger partial charge is 0.347 e. The minimum atomic E-state index is -0.364. The average molecular weight is 307 g/mol. The van der Waals surface area contributed by atoms with E-state index >= 15 is 0 Å². The van der Waals surface area contributed by atoms with Crippen LogP contribution in [0.1, 0.15) is 31.2 Å². The molecule has 0 bridgehead atoms. The second-order valence-electron chi connectivity index (χ2n) is 5.88. The van der Waals surface area contributed by atoms with Crippen LogP contribution in [0.4, 0.5) is 10.5 Å². The summed E-state index contributed by atoms with van der Waals surface area (Å²) in [7, 11) is 3.44. The Morgan fingerprint density at radius 3 is 2.59 bits per heavy atom. The zero-order chi connectivity index (χ0) is 16.4. The van der Waals surface area contributed by atoms with E-state index in [1.54, 1.807) is 23.9 Å². The maximum Gasteiger partial charge on any atom is 0.322 e. The Morgan fingerprint density at radius 2 is 2.05 bits per heavy atom. The summed E-state index contributed by atoms with van der Waals surface area (Å²) >= 11 is 0. The van der Waals surface area contributed by atoms with E-state index in [1.165, 1.54) is 0 Å². The van der Waals surface area contributed by atoms with Crippen molar-refractivity contribution >= 4 is 17.6 Å². The van der Waals surface area contributed by atoms with Gasteiger partial charge in [-0.05, 0) is 33.6 Å². The van der Waals surface area contributed by atoms with Gasteiger partial charge in [-0.1, -0.05) is 0 Å². The third-order valence-electron chi connectivity index (χ3n) is 4.15. The summed E-state index contributed by atoms with van der Waals surface area (Å²) in [6.45, 7) is 7.19. The van der Waals surface area contributed by atoms with Crippen molar-refractivity contribution in [2.45, 2.75) is 46.2 Å². The van der Waals surface area contributed by atoms with Crippen molar-refractivity contribution in [3.63, 3.8) is 0 Å². The first-order valence-electron chi connectivity index (χ1n) is 7.69. The molecule has 22 heavy (non-hydrogen) atoms. The van der Waals surface area contributed by atoms with Crippen LogP contribution >= 0.6 is 0 Å². The molecule has 0 aliphatic carbocycles. The Hall–Kier alpha value is -2.05. The Morgan fingerprint density at radius 1 is 1.36 bits per heavy atom. The fourth-order valence-corrected chi connectivity index (χ4v) is 2.93. The molecule has 0 aromatic carbocycles. The molecule has 0 saturated carbocycles. The lowest BCUT2D eigenvalue weighted by Gasteiger charge is -2.26. The van der Waals surface area contributed by atoms with Crippen LogP contribution in [-0.2, 0) is 11.3 Å². The number of urea groups is 1. The molecule has 1 aromatic rings. The van der Waals surface area contributed by atoms with Crippen LogP contribution in [0.5, 0.6) is 0 Å². The molecule has 122 valence electrons. The van der Waals surface area contributed by atoms with Gasteiger partial charge >= 0.3 is 6.03 Å². The normalized spacial score (nSPS) is 17.7. The molecule has 1 fully saturated rings. The molecule has 1 saturated heterocycles. The maximum absolute atomic E-state index is 12.6. The summed E-state index contributed by atoms with van der Waals surface area (Å²) in [6.07, 6.45) is 1.57. The summed E-state index contributed by atoms with van der Waals surface area (Å²) in [5.74, 6) is -0.0228. The fourth-order valence-electron chi connectivity index (χ4n) is 2.93. The Kier molecular flexibility index (Phi) is 4.73. The van der Waals surface area contributed by atoms with Crippen LogP contribution in [0.25, 0.3) is 0 Å². The topological polar surface area (TPSA) is 70.5 Å². The first-order chi connectivity index (χ1) is 10.4. The predicted octanol–water partition coefficient (Wildman–Crippen LogP) is 1.60. The van der Waals surface area contributed by atoms with Crippen LogP contribution in [0.15, 0.2) is 0 Å². The van der Waals surface area contributed by atoms with Crippen molar-refractivity contribution in [1.82, 2.24) is 19.6 Å². The molecule has 0 radical (unpaired) electrons. The van der Waals surface area contributed by atoms with Crippen molar-refractivity contribution in [3.8, 4) is 0 Å². The smallest absolute Gasteiger partial charge is 0.322 e. The van der Waals surface area contributed by atoms with Gasteiger partial charge in [0.1, 0.15) is 6.04 Å². The van der Waals surface area contributed by atoms with Gasteiger partial charge in [0.2, 0.25) is 5.91 Å². The standard InChI is InChI=1S/C15H25N5O2/c1-6-20-11(3)13(10(2)17-20)16-15(22)19-9-7-8-12(19)14(21)18(4)5/h12H,6-9H2,1-5H3,(H,16,22)/t12-/m1/s1. The van der Waals surface area contributed by atoms with Gasteiger partial charge in [0.05, 0.1) is 17.1 Å². The quantitative estimate of drug-likeness (QED) is 0.922. The lowest BCUT2D eigenvalue weighted by atomic mass is 10.2. The van der Waals surface area contributed by atoms with Crippen molar-refractivity contribution in [3.05, 3.63) is 11.4 Å². The Labute approximate surface area is 131 Å². The first-order valence-corrected chi connectivity index (χ1v) is 7.69. The second kappa shape index (κ2) is 6.37. The highest BCUT2D eigenvalue weighted by atomic mass is 16.2. The Balaban J connectivity index is 2.15. The number of carbonyl (C=O) groups is 2. The molecule has 7 heteroatoms. The van der Waals surface area contributed by atoms with Crippen molar-refractivity contribution in [1.29, 1.82) is 0 Å². The summed E-state index contributed by atoms with van der Waals surface area (Å²) in [5, 5.41) is 7.33. The van der Waals surface area contributed by atoms with E-state index < -0.39 is 0 Å². The first kappa shape index (κ1) is 16.3. The van der Waals surface area contributed by atoms with E-state index in [0.717, 1.165) is 36.5 Å². The lowest BCUT2D eigenvalue weighted by Crippen LogP contribution is -2.47. The molecule has 1 aromatic heterocycles. The molecule has 1 N–H and O–H groups in total. The molecule has 0 spiro atoms. The molecular formula is C15H25N5O2. The maximum atomic E-state index is 12.6. The van der Waals surface area contributed by atoms with Crippen molar-refractivity contribution in [2.75, 3.05) is 26.0 Å². The predicted molar refractivity (Wildman–Crippen MR) is 84.8 cm³/mol. The number of rotatable bonds is 3. The number of aryl methyl sites for hydroxylation is 2. The third kappa shape index (κ3) is 2.93. The molecule has 3 amide bonds. The molecule has 7 nitrogen and oxygen atoms in total. The zero-order valence-electron chi connectivity index (χ0n) is 14.0. The Bertz CT molecular complexity index is 579. The van der Waals surface area contributed by atoms with E-state index in [-0.39, 0.29) is 18.0 Å². The summed E-state index contributed by atoms with van der Waals surface area (Å²) in [6, 6.07) is -0.587. The van der Waals surface area contributed by atoms with Crippen LogP contribution in [0.2, 0.25) is 0 Å². The van der Waals surface area contributed by atoms with E-state index in [9.17, 15) is 9.59 Å². The van der Waals surface area contributed by atoms with Gasteiger partial charge in [-0.3, -0.25) is 9.48 Å². The van der Waals surface area contributed by atoms with E-state index in [1.807, 2.05) is 25.5 Å². The molecule has 0 unspecified atom stereocenters. The number of hydrogen-bond acceptors (Lipinski definition) is 3. The number of anilines is 1. The third-order valence-corrected chi connectivity index (χ3v) is 4.15. The molecule has 1 atom stereocenters. The molecule has 2 heterocycles. The monoisotopic (exact) mass is 307 g/mol. The number of nitrogens with one attached hydrogen (secondary N) is 1. The zero-order valence-corrected chi connectivity index (χ0v) is 14.0. The number of likely N-dealkylation sites (tertiary alicyclic amines) is 1. The number of amides is 3. The second-order valence-corrected chi connectivity index (χ2v) is 5.88. The minimum Gasteiger partial charge on any atom is -0.347 e. The van der Waals surface area contributed by atoms with E-state index in [2.05, 4.69) is 10.4 Å². The van der Waals surface area contributed by atoms with E-state index in [4.69, 9.17) is 0 Å². The van der Waals surface area contributed by atoms with Crippen LogP contribution in [0.3, 0.4) is 0 Å². The van der Waals surface area contributed by atoms with Crippen LogP contribution in [0, 0.1) is 13.8 Å². The number of aromatic nitrogens is 2.